The van der Waals surface area contributed by atoms with Gasteiger partial charge in [-0.15, -0.1) is 11.6 Å². The van der Waals surface area contributed by atoms with Gasteiger partial charge in [0.15, 0.2) is 5.58 Å². The van der Waals surface area contributed by atoms with Crippen LogP contribution in [-0.4, -0.2) is 4.98 Å². The molecule has 19 heavy (non-hydrogen) atoms. The summed E-state index contributed by atoms with van der Waals surface area (Å²) in [5.41, 5.74) is 6.10. The van der Waals surface area contributed by atoms with E-state index < -0.39 is 0 Å². The Labute approximate surface area is 117 Å². The Bertz CT molecular complexity index is 746. The second kappa shape index (κ2) is 4.71. The molecule has 0 spiro atoms. The number of rotatable bonds is 2. The smallest absolute Gasteiger partial charge is 0.227 e. The lowest BCUT2D eigenvalue weighted by molar-refractivity contribution is 0.617. The first-order chi connectivity index (χ1) is 9.17. The number of hydrogen-bond acceptors (Lipinski definition) is 2. The number of aromatic nitrogens is 1. The highest BCUT2D eigenvalue weighted by molar-refractivity contribution is 6.17. The van der Waals surface area contributed by atoms with Crippen LogP contribution in [0.4, 0.5) is 0 Å². The molecule has 2 aromatic carbocycles. The van der Waals surface area contributed by atoms with Gasteiger partial charge in [0.05, 0.1) is 0 Å². The van der Waals surface area contributed by atoms with Crippen LogP contribution < -0.4 is 0 Å². The number of benzene rings is 2. The van der Waals surface area contributed by atoms with Crippen molar-refractivity contribution in [3.05, 3.63) is 53.1 Å². The van der Waals surface area contributed by atoms with Crippen LogP contribution in [0, 0.1) is 13.8 Å². The second-order valence-corrected chi connectivity index (χ2v) is 5.05. The maximum absolute atomic E-state index is 5.89. The molecule has 0 aliphatic heterocycles. The zero-order chi connectivity index (χ0) is 13.4. The minimum atomic E-state index is 0.492. The van der Waals surface area contributed by atoms with E-state index in [-0.39, 0.29) is 0 Å². The first-order valence-corrected chi connectivity index (χ1v) is 6.74. The average molecular weight is 272 g/mol. The van der Waals surface area contributed by atoms with Gasteiger partial charge < -0.3 is 4.42 Å². The number of fused-ring (bicyclic) bond motifs is 1. The van der Waals surface area contributed by atoms with Crippen molar-refractivity contribution in [1.29, 1.82) is 0 Å². The van der Waals surface area contributed by atoms with E-state index in [2.05, 4.69) is 18.0 Å². The standard InChI is InChI=1S/C16H14ClNO/c1-10-6-11(2)15-14(7-10)18-16(19-15)13-5-3-4-12(8-13)9-17/h3-8H,9H2,1-2H3. The van der Waals surface area contributed by atoms with Gasteiger partial charge in [-0.3, -0.25) is 0 Å². The van der Waals surface area contributed by atoms with Gasteiger partial charge in [-0.25, -0.2) is 4.98 Å². The highest BCUT2D eigenvalue weighted by Gasteiger charge is 2.10. The van der Waals surface area contributed by atoms with Crippen molar-refractivity contribution in [1.82, 2.24) is 4.98 Å². The number of aryl methyl sites for hydroxylation is 2. The summed E-state index contributed by atoms with van der Waals surface area (Å²) < 4.78 is 5.89. The van der Waals surface area contributed by atoms with Gasteiger partial charge >= 0.3 is 0 Å². The Morgan fingerprint density at radius 2 is 2.00 bits per heavy atom. The molecule has 3 aromatic rings. The SMILES string of the molecule is Cc1cc(C)c2oc(-c3cccc(CCl)c3)nc2c1. The number of oxazole rings is 1. The van der Waals surface area contributed by atoms with Crippen molar-refractivity contribution >= 4 is 22.7 Å². The molecule has 0 atom stereocenters. The van der Waals surface area contributed by atoms with Gasteiger partial charge in [0.25, 0.3) is 0 Å². The van der Waals surface area contributed by atoms with Crippen molar-refractivity contribution in [2.75, 3.05) is 0 Å². The molecule has 0 amide bonds. The Balaban J connectivity index is 2.17. The lowest BCUT2D eigenvalue weighted by Gasteiger charge is -1.98. The molecule has 0 aliphatic carbocycles. The van der Waals surface area contributed by atoms with Gasteiger partial charge in [-0.2, -0.15) is 0 Å². The van der Waals surface area contributed by atoms with Crippen LogP contribution in [-0.2, 0) is 5.88 Å². The van der Waals surface area contributed by atoms with Crippen LogP contribution in [0.15, 0.2) is 40.8 Å². The normalized spacial score (nSPS) is 11.1. The van der Waals surface area contributed by atoms with Gasteiger partial charge in [-0.05, 0) is 48.7 Å². The second-order valence-electron chi connectivity index (χ2n) is 4.78. The number of nitrogens with zero attached hydrogens (tertiary/aromatic N) is 1. The molecule has 3 heteroatoms. The molecule has 0 aliphatic rings. The first-order valence-electron chi connectivity index (χ1n) is 6.20. The summed E-state index contributed by atoms with van der Waals surface area (Å²) in [6.45, 7) is 4.11. The lowest BCUT2D eigenvalue weighted by Crippen LogP contribution is -1.81. The number of hydrogen-bond donors (Lipinski definition) is 0. The van der Waals surface area contributed by atoms with Crippen LogP contribution in [0.25, 0.3) is 22.6 Å². The fourth-order valence-corrected chi connectivity index (χ4v) is 2.45. The largest absolute Gasteiger partial charge is 0.436 e. The topological polar surface area (TPSA) is 26.0 Å². The molecule has 1 heterocycles. The fraction of sp³-hybridized carbons (Fsp3) is 0.188. The summed E-state index contributed by atoms with van der Waals surface area (Å²) >= 11 is 5.86. The van der Waals surface area contributed by atoms with Crippen molar-refractivity contribution < 1.29 is 4.42 Å². The summed E-state index contributed by atoms with van der Waals surface area (Å²) in [5, 5.41) is 0. The van der Waals surface area contributed by atoms with Crippen molar-refractivity contribution in [3.8, 4) is 11.5 Å². The summed E-state index contributed by atoms with van der Waals surface area (Å²) in [6.07, 6.45) is 0. The molecule has 0 radical (unpaired) electrons. The molecule has 96 valence electrons. The van der Waals surface area contributed by atoms with Crippen LogP contribution >= 0.6 is 11.6 Å². The predicted octanol–water partition coefficient (Wildman–Crippen LogP) is 4.85. The molecule has 3 rings (SSSR count). The highest BCUT2D eigenvalue weighted by Crippen LogP contribution is 2.28. The minimum absolute atomic E-state index is 0.492. The van der Waals surface area contributed by atoms with Crippen LogP contribution in [0.1, 0.15) is 16.7 Å². The maximum Gasteiger partial charge on any atom is 0.227 e. The Hall–Kier alpha value is -1.80. The maximum atomic E-state index is 5.89. The molecule has 0 bridgehead atoms. The number of halogens is 1. The Morgan fingerprint density at radius 1 is 1.16 bits per heavy atom. The van der Waals surface area contributed by atoms with E-state index in [1.165, 1.54) is 5.56 Å². The van der Waals surface area contributed by atoms with Crippen molar-refractivity contribution in [2.45, 2.75) is 19.7 Å². The number of alkyl halides is 1. The van der Waals surface area contributed by atoms with Gasteiger partial charge in [0, 0.05) is 11.4 Å². The third kappa shape index (κ3) is 2.24. The monoisotopic (exact) mass is 271 g/mol. The molecule has 1 aromatic heterocycles. The Morgan fingerprint density at radius 3 is 2.79 bits per heavy atom. The van der Waals surface area contributed by atoms with E-state index in [0.717, 1.165) is 27.8 Å². The lowest BCUT2D eigenvalue weighted by atomic mass is 10.1. The first kappa shape index (κ1) is 12.2. The van der Waals surface area contributed by atoms with E-state index in [1.807, 2.05) is 37.3 Å². The molecule has 0 N–H and O–H groups in total. The van der Waals surface area contributed by atoms with E-state index in [9.17, 15) is 0 Å². The third-order valence-electron chi connectivity index (χ3n) is 3.15. The minimum Gasteiger partial charge on any atom is -0.436 e. The summed E-state index contributed by atoms with van der Waals surface area (Å²) in [5.74, 6) is 1.14. The zero-order valence-electron chi connectivity index (χ0n) is 10.9. The summed E-state index contributed by atoms with van der Waals surface area (Å²) in [6, 6.07) is 12.1. The molecule has 0 saturated heterocycles. The van der Waals surface area contributed by atoms with Crippen molar-refractivity contribution in [3.63, 3.8) is 0 Å². The van der Waals surface area contributed by atoms with E-state index in [1.54, 1.807) is 0 Å². The highest BCUT2D eigenvalue weighted by atomic mass is 35.5. The molecular weight excluding hydrogens is 258 g/mol. The van der Waals surface area contributed by atoms with E-state index in [4.69, 9.17) is 16.0 Å². The van der Waals surface area contributed by atoms with Gasteiger partial charge in [0.1, 0.15) is 5.52 Å². The van der Waals surface area contributed by atoms with Crippen LogP contribution in [0.2, 0.25) is 0 Å². The van der Waals surface area contributed by atoms with Crippen LogP contribution in [0.5, 0.6) is 0 Å². The van der Waals surface area contributed by atoms with Gasteiger partial charge in [-0.1, -0.05) is 18.2 Å². The van der Waals surface area contributed by atoms with E-state index >= 15 is 0 Å². The molecule has 0 unspecified atom stereocenters. The van der Waals surface area contributed by atoms with E-state index in [0.29, 0.717) is 11.8 Å². The molecule has 0 fully saturated rings. The molecule has 2 nitrogen and oxygen atoms in total. The summed E-state index contributed by atoms with van der Waals surface area (Å²) in [4.78, 5) is 4.57. The quantitative estimate of drug-likeness (QED) is 0.623. The van der Waals surface area contributed by atoms with Gasteiger partial charge in [0.2, 0.25) is 5.89 Å². The molecule has 0 saturated carbocycles. The Kier molecular flexibility index (Phi) is 3.03. The molecular formula is C16H14ClNO. The zero-order valence-corrected chi connectivity index (χ0v) is 11.7. The third-order valence-corrected chi connectivity index (χ3v) is 3.46. The average Bonchev–Trinajstić information content (AvgIpc) is 2.83. The predicted molar refractivity (Wildman–Crippen MR) is 78.5 cm³/mol. The fourth-order valence-electron chi connectivity index (χ4n) is 2.29. The van der Waals surface area contributed by atoms with Crippen molar-refractivity contribution in [2.24, 2.45) is 0 Å². The summed E-state index contributed by atoms with van der Waals surface area (Å²) in [7, 11) is 0. The van der Waals surface area contributed by atoms with Crippen LogP contribution in [0.3, 0.4) is 0 Å².